The fourth-order valence-electron chi connectivity index (χ4n) is 5.13. The second kappa shape index (κ2) is 5.85. The molecular weight excluding hydrogens is 282 g/mol. The van der Waals surface area contributed by atoms with Gasteiger partial charge in [0, 0.05) is 12.4 Å². The van der Waals surface area contributed by atoms with Crippen LogP contribution < -0.4 is 0 Å². The lowest BCUT2D eigenvalue weighted by Crippen LogP contribution is -2.40. The Morgan fingerprint density at radius 3 is 2.52 bits per heavy atom. The molecule has 23 heavy (non-hydrogen) atoms. The molecule has 4 rings (SSSR count). The monoisotopic (exact) mass is 305 g/mol. The SMILES string of the molecule is N#Cc1ccc(C(n2ccnc2)C23CCCC(CCC2)C3)cc1. The van der Waals surface area contributed by atoms with Gasteiger partial charge in [0.05, 0.1) is 24.0 Å². The van der Waals surface area contributed by atoms with Gasteiger partial charge in [-0.1, -0.05) is 37.8 Å². The van der Waals surface area contributed by atoms with Gasteiger partial charge in [-0.25, -0.2) is 4.98 Å². The van der Waals surface area contributed by atoms with E-state index in [1.165, 1.54) is 50.5 Å². The van der Waals surface area contributed by atoms with Gasteiger partial charge in [0.2, 0.25) is 0 Å². The van der Waals surface area contributed by atoms with Crippen molar-refractivity contribution in [2.75, 3.05) is 0 Å². The van der Waals surface area contributed by atoms with E-state index in [2.05, 4.69) is 33.9 Å². The summed E-state index contributed by atoms with van der Waals surface area (Å²) in [5, 5.41) is 9.08. The van der Waals surface area contributed by atoms with Gasteiger partial charge in [-0.05, 0) is 48.3 Å². The normalized spacial score (nSPS) is 28.0. The highest BCUT2D eigenvalue weighted by atomic mass is 15.1. The molecule has 118 valence electrons. The number of nitriles is 1. The minimum Gasteiger partial charge on any atom is -0.329 e. The van der Waals surface area contributed by atoms with Gasteiger partial charge in [-0.2, -0.15) is 5.26 Å². The largest absolute Gasteiger partial charge is 0.329 e. The molecule has 0 radical (unpaired) electrons. The van der Waals surface area contributed by atoms with Crippen LogP contribution in [0.25, 0.3) is 0 Å². The quantitative estimate of drug-likeness (QED) is 0.824. The molecule has 1 aromatic carbocycles. The van der Waals surface area contributed by atoms with E-state index >= 15 is 0 Å². The number of benzene rings is 1. The second-order valence-electron chi connectivity index (χ2n) is 7.36. The molecule has 1 unspecified atom stereocenters. The number of imidazole rings is 1. The van der Waals surface area contributed by atoms with Crippen LogP contribution in [-0.4, -0.2) is 9.55 Å². The first-order valence-corrected chi connectivity index (χ1v) is 8.78. The zero-order chi connectivity index (χ0) is 15.7. The van der Waals surface area contributed by atoms with Crippen molar-refractivity contribution in [1.82, 2.24) is 9.55 Å². The van der Waals surface area contributed by atoms with Gasteiger partial charge in [0.1, 0.15) is 0 Å². The van der Waals surface area contributed by atoms with Crippen molar-refractivity contribution in [3.05, 3.63) is 54.1 Å². The third-order valence-electron chi connectivity index (χ3n) is 6.03. The van der Waals surface area contributed by atoms with Gasteiger partial charge in [-0.15, -0.1) is 0 Å². The zero-order valence-corrected chi connectivity index (χ0v) is 13.5. The highest BCUT2D eigenvalue weighted by molar-refractivity contribution is 5.34. The first-order chi connectivity index (χ1) is 11.3. The van der Waals surface area contributed by atoms with Crippen LogP contribution in [0.5, 0.6) is 0 Å². The zero-order valence-electron chi connectivity index (χ0n) is 13.5. The van der Waals surface area contributed by atoms with Gasteiger partial charge in [0.15, 0.2) is 0 Å². The van der Waals surface area contributed by atoms with Crippen LogP contribution in [0.3, 0.4) is 0 Å². The van der Waals surface area contributed by atoms with Crippen LogP contribution in [0, 0.1) is 22.7 Å². The predicted octanol–water partition coefficient (Wildman–Crippen LogP) is 4.70. The summed E-state index contributed by atoms with van der Waals surface area (Å²) in [6.07, 6.45) is 15.5. The topological polar surface area (TPSA) is 41.6 Å². The molecule has 0 spiro atoms. The summed E-state index contributed by atoms with van der Waals surface area (Å²) in [5.41, 5.74) is 2.42. The lowest BCUT2D eigenvalue weighted by atomic mass is 9.57. The van der Waals surface area contributed by atoms with E-state index < -0.39 is 0 Å². The van der Waals surface area contributed by atoms with Gasteiger partial charge in [-0.3, -0.25) is 0 Å². The Labute approximate surface area is 138 Å². The third kappa shape index (κ3) is 2.57. The number of fused-ring (bicyclic) bond motifs is 2. The van der Waals surface area contributed by atoms with Crippen LogP contribution in [0.2, 0.25) is 0 Å². The summed E-state index contributed by atoms with van der Waals surface area (Å²) < 4.78 is 2.30. The highest BCUT2D eigenvalue weighted by Gasteiger charge is 2.46. The van der Waals surface area contributed by atoms with E-state index in [-0.39, 0.29) is 0 Å². The number of hydrogen-bond acceptors (Lipinski definition) is 2. The minimum absolute atomic E-state index is 0.348. The smallest absolute Gasteiger partial charge is 0.0991 e. The summed E-state index contributed by atoms with van der Waals surface area (Å²) in [5.74, 6) is 0.905. The Hall–Kier alpha value is -2.08. The van der Waals surface area contributed by atoms with Crippen LogP contribution in [0.4, 0.5) is 0 Å². The first-order valence-electron chi connectivity index (χ1n) is 8.78. The number of nitrogens with zero attached hydrogens (tertiary/aromatic N) is 3. The van der Waals surface area contributed by atoms with Crippen molar-refractivity contribution >= 4 is 0 Å². The molecular formula is C20H23N3. The summed E-state index contributed by atoms with van der Waals surface area (Å²) in [4.78, 5) is 4.31. The maximum Gasteiger partial charge on any atom is 0.0991 e. The van der Waals surface area contributed by atoms with E-state index in [0.717, 1.165) is 11.5 Å². The molecule has 0 amide bonds. The van der Waals surface area contributed by atoms with Gasteiger partial charge in [0.25, 0.3) is 0 Å². The Balaban J connectivity index is 1.78. The molecule has 2 aromatic rings. The molecule has 1 aromatic heterocycles. The Morgan fingerprint density at radius 1 is 1.17 bits per heavy atom. The molecule has 3 nitrogen and oxygen atoms in total. The number of rotatable bonds is 3. The Kier molecular flexibility index (Phi) is 3.69. The standard InChI is InChI=1S/C20H23N3/c21-14-17-5-7-18(8-6-17)19(23-12-11-22-15-23)20-9-1-3-16(13-20)4-2-10-20/h5-8,11-12,15-16,19H,1-4,9-10,13H2. The summed E-state index contributed by atoms with van der Waals surface area (Å²) in [7, 11) is 0. The van der Waals surface area contributed by atoms with Crippen LogP contribution in [0.1, 0.15) is 62.1 Å². The summed E-state index contributed by atoms with van der Waals surface area (Å²) in [6, 6.07) is 10.8. The molecule has 2 aliphatic rings. The molecule has 0 saturated heterocycles. The summed E-state index contributed by atoms with van der Waals surface area (Å²) in [6.45, 7) is 0. The van der Waals surface area contributed by atoms with Crippen molar-refractivity contribution in [1.29, 1.82) is 5.26 Å². The van der Waals surface area contributed by atoms with Crippen LogP contribution in [-0.2, 0) is 0 Å². The molecule has 1 atom stereocenters. The van der Waals surface area contributed by atoms with E-state index in [1.54, 1.807) is 0 Å². The second-order valence-corrected chi connectivity index (χ2v) is 7.36. The average molecular weight is 305 g/mol. The molecule has 2 fully saturated rings. The lowest BCUT2D eigenvalue weighted by molar-refractivity contribution is 0.0382. The molecule has 1 heterocycles. The Bertz CT molecular complexity index is 683. The van der Waals surface area contributed by atoms with E-state index in [0.29, 0.717) is 11.5 Å². The van der Waals surface area contributed by atoms with Crippen molar-refractivity contribution in [3.8, 4) is 6.07 Å². The van der Waals surface area contributed by atoms with Crippen molar-refractivity contribution in [3.63, 3.8) is 0 Å². The molecule has 0 aliphatic heterocycles. The average Bonchev–Trinajstić information content (AvgIpc) is 3.10. The lowest BCUT2D eigenvalue weighted by Gasteiger charge is -2.50. The predicted molar refractivity (Wildman–Crippen MR) is 89.8 cm³/mol. The third-order valence-corrected chi connectivity index (χ3v) is 6.03. The first kappa shape index (κ1) is 14.5. The fourth-order valence-corrected chi connectivity index (χ4v) is 5.13. The Morgan fingerprint density at radius 2 is 1.91 bits per heavy atom. The van der Waals surface area contributed by atoms with Crippen molar-refractivity contribution in [2.24, 2.45) is 11.3 Å². The molecule has 2 saturated carbocycles. The van der Waals surface area contributed by atoms with Crippen molar-refractivity contribution < 1.29 is 0 Å². The van der Waals surface area contributed by atoms with Crippen LogP contribution in [0.15, 0.2) is 43.0 Å². The van der Waals surface area contributed by atoms with E-state index in [1.807, 2.05) is 24.7 Å². The fraction of sp³-hybridized carbons (Fsp3) is 0.500. The summed E-state index contributed by atoms with van der Waals surface area (Å²) >= 11 is 0. The van der Waals surface area contributed by atoms with E-state index in [4.69, 9.17) is 5.26 Å². The molecule has 2 aliphatic carbocycles. The molecule has 0 N–H and O–H groups in total. The highest BCUT2D eigenvalue weighted by Crippen LogP contribution is 2.56. The number of hydrogen-bond donors (Lipinski definition) is 0. The van der Waals surface area contributed by atoms with Crippen molar-refractivity contribution in [2.45, 2.75) is 51.0 Å². The van der Waals surface area contributed by atoms with Crippen LogP contribution >= 0.6 is 0 Å². The van der Waals surface area contributed by atoms with Gasteiger partial charge >= 0.3 is 0 Å². The number of aromatic nitrogens is 2. The molecule has 3 heteroatoms. The maximum atomic E-state index is 9.08. The van der Waals surface area contributed by atoms with E-state index in [9.17, 15) is 0 Å². The maximum absolute atomic E-state index is 9.08. The minimum atomic E-state index is 0.348. The van der Waals surface area contributed by atoms with Gasteiger partial charge < -0.3 is 4.57 Å². The molecule has 2 bridgehead atoms.